The second-order valence-corrected chi connectivity index (χ2v) is 3.65. The molecule has 1 N–H and O–H groups in total. The highest BCUT2D eigenvalue weighted by molar-refractivity contribution is 5.71. The zero-order valence-electron chi connectivity index (χ0n) is 10.6. The summed E-state index contributed by atoms with van der Waals surface area (Å²) in [5.41, 5.74) is 1.09. The van der Waals surface area contributed by atoms with Gasteiger partial charge in [0.15, 0.2) is 0 Å². The van der Waals surface area contributed by atoms with Gasteiger partial charge in [0.2, 0.25) is 0 Å². The summed E-state index contributed by atoms with van der Waals surface area (Å²) in [6, 6.07) is 7.70. The maximum atomic E-state index is 11.1. The zero-order chi connectivity index (χ0) is 13.2. The van der Waals surface area contributed by atoms with Gasteiger partial charge in [-0.1, -0.05) is 24.8 Å². The van der Waals surface area contributed by atoms with Crippen molar-refractivity contribution in [2.24, 2.45) is 0 Å². The Labute approximate surface area is 108 Å². The van der Waals surface area contributed by atoms with E-state index < -0.39 is 0 Å². The Bertz CT molecular complexity index is 373. The molecule has 98 valence electrons. The minimum atomic E-state index is -0.233. The number of esters is 1. The predicted octanol–water partition coefficient (Wildman–Crippen LogP) is 1.90. The molecular formula is C14H19NO3. The molecule has 0 fully saturated rings. The average Bonchev–Trinajstić information content (AvgIpc) is 2.38. The Morgan fingerprint density at radius 1 is 1.39 bits per heavy atom. The van der Waals surface area contributed by atoms with Crippen LogP contribution in [-0.4, -0.2) is 25.7 Å². The molecule has 0 atom stereocenters. The Morgan fingerprint density at radius 3 is 2.72 bits per heavy atom. The molecule has 0 aliphatic heterocycles. The number of benzene rings is 1. The van der Waals surface area contributed by atoms with Gasteiger partial charge in [0.1, 0.15) is 12.4 Å². The van der Waals surface area contributed by atoms with Crippen molar-refractivity contribution in [2.45, 2.75) is 13.5 Å². The first kappa shape index (κ1) is 14.3. The maximum Gasteiger partial charge on any atom is 0.319 e. The summed E-state index contributed by atoms with van der Waals surface area (Å²) in [6.45, 7) is 7.14. The van der Waals surface area contributed by atoms with Crippen LogP contribution in [0.2, 0.25) is 0 Å². The van der Waals surface area contributed by atoms with Crippen LogP contribution in [0.25, 0.3) is 0 Å². The number of hydrogen-bond donors (Lipinski definition) is 1. The highest BCUT2D eigenvalue weighted by Crippen LogP contribution is 2.11. The van der Waals surface area contributed by atoms with Crippen LogP contribution >= 0.6 is 0 Å². The van der Waals surface area contributed by atoms with Gasteiger partial charge in [-0.15, -0.1) is 0 Å². The summed E-state index contributed by atoms with van der Waals surface area (Å²) in [5, 5.41) is 3.02. The third kappa shape index (κ3) is 5.50. The van der Waals surface area contributed by atoms with Gasteiger partial charge in [0, 0.05) is 6.54 Å². The number of nitrogens with one attached hydrogen (secondary N) is 1. The van der Waals surface area contributed by atoms with E-state index in [1.54, 1.807) is 13.0 Å². The van der Waals surface area contributed by atoms with Crippen LogP contribution in [0.1, 0.15) is 12.5 Å². The molecule has 0 aliphatic carbocycles. The Kier molecular flexibility index (Phi) is 6.58. The summed E-state index contributed by atoms with van der Waals surface area (Å²) >= 11 is 0. The van der Waals surface area contributed by atoms with E-state index in [1.165, 1.54) is 0 Å². The minimum Gasteiger partial charge on any atom is -0.490 e. The molecule has 0 aromatic heterocycles. The van der Waals surface area contributed by atoms with Crippen molar-refractivity contribution in [1.29, 1.82) is 0 Å². The summed E-state index contributed by atoms with van der Waals surface area (Å²) in [5.74, 6) is 0.576. The molecule has 0 saturated heterocycles. The molecule has 18 heavy (non-hydrogen) atoms. The van der Waals surface area contributed by atoms with E-state index in [0.717, 1.165) is 11.3 Å². The highest BCUT2D eigenvalue weighted by atomic mass is 16.5. The Morgan fingerprint density at radius 2 is 2.11 bits per heavy atom. The molecule has 0 amide bonds. The fourth-order valence-electron chi connectivity index (χ4n) is 1.38. The van der Waals surface area contributed by atoms with E-state index in [2.05, 4.69) is 11.9 Å². The lowest BCUT2D eigenvalue weighted by molar-refractivity contribution is -0.142. The van der Waals surface area contributed by atoms with Crippen LogP contribution in [0, 0.1) is 0 Å². The van der Waals surface area contributed by atoms with E-state index in [0.29, 0.717) is 19.8 Å². The van der Waals surface area contributed by atoms with Gasteiger partial charge < -0.3 is 14.8 Å². The van der Waals surface area contributed by atoms with E-state index in [9.17, 15) is 4.79 Å². The molecule has 0 radical (unpaired) electrons. The first-order valence-corrected chi connectivity index (χ1v) is 5.95. The molecule has 0 heterocycles. The van der Waals surface area contributed by atoms with Crippen molar-refractivity contribution in [3.63, 3.8) is 0 Å². The highest BCUT2D eigenvalue weighted by Gasteiger charge is 2.00. The Hall–Kier alpha value is -1.81. The Balaban J connectivity index is 2.30. The monoisotopic (exact) mass is 249 g/mol. The topological polar surface area (TPSA) is 47.6 Å². The molecule has 1 aromatic rings. The maximum absolute atomic E-state index is 11.1. The van der Waals surface area contributed by atoms with Gasteiger partial charge in [-0.25, -0.2) is 0 Å². The smallest absolute Gasteiger partial charge is 0.319 e. The zero-order valence-corrected chi connectivity index (χ0v) is 10.6. The normalized spacial score (nSPS) is 9.83. The lowest BCUT2D eigenvalue weighted by Gasteiger charge is -2.06. The van der Waals surface area contributed by atoms with Crippen molar-refractivity contribution < 1.29 is 14.3 Å². The summed E-state index contributed by atoms with van der Waals surface area (Å²) < 4.78 is 10.2. The van der Waals surface area contributed by atoms with Crippen LogP contribution in [0.5, 0.6) is 5.75 Å². The number of carbonyl (C=O) groups excluding carboxylic acids is 1. The number of hydrogen-bond acceptors (Lipinski definition) is 4. The second-order valence-electron chi connectivity index (χ2n) is 3.65. The van der Waals surface area contributed by atoms with Crippen LogP contribution < -0.4 is 10.1 Å². The SMILES string of the molecule is C=CCOc1ccc(CNCC(=O)OCC)cc1. The van der Waals surface area contributed by atoms with Gasteiger partial charge >= 0.3 is 5.97 Å². The fourth-order valence-corrected chi connectivity index (χ4v) is 1.38. The lowest BCUT2D eigenvalue weighted by Crippen LogP contribution is -2.24. The van der Waals surface area contributed by atoms with Crippen LogP contribution in [0.4, 0.5) is 0 Å². The van der Waals surface area contributed by atoms with Crippen molar-refractivity contribution in [1.82, 2.24) is 5.32 Å². The molecule has 0 aliphatic rings. The third-order valence-corrected chi connectivity index (χ3v) is 2.19. The second kappa shape index (κ2) is 8.31. The largest absolute Gasteiger partial charge is 0.490 e. The molecule has 0 spiro atoms. The molecular weight excluding hydrogens is 230 g/mol. The number of rotatable bonds is 8. The van der Waals surface area contributed by atoms with Gasteiger partial charge in [0.05, 0.1) is 13.2 Å². The van der Waals surface area contributed by atoms with E-state index in [1.807, 2.05) is 24.3 Å². The molecule has 1 aromatic carbocycles. The minimum absolute atomic E-state index is 0.225. The summed E-state index contributed by atoms with van der Waals surface area (Å²) in [6.07, 6.45) is 1.70. The van der Waals surface area contributed by atoms with E-state index in [-0.39, 0.29) is 12.5 Å². The summed E-state index contributed by atoms with van der Waals surface area (Å²) in [4.78, 5) is 11.1. The van der Waals surface area contributed by atoms with Crippen molar-refractivity contribution in [3.8, 4) is 5.75 Å². The first-order valence-electron chi connectivity index (χ1n) is 5.95. The molecule has 0 saturated carbocycles. The van der Waals surface area contributed by atoms with Gasteiger partial charge in [-0.05, 0) is 24.6 Å². The van der Waals surface area contributed by atoms with Gasteiger partial charge in [-0.3, -0.25) is 4.79 Å². The van der Waals surface area contributed by atoms with Gasteiger partial charge in [-0.2, -0.15) is 0 Å². The van der Waals surface area contributed by atoms with E-state index >= 15 is 0 Å². The molecule has 4 heteroatoms. The van der Waals surface area contributed by atoms with Crippen molar-refractivity contribution in [3.05, 3.63) is 42.5 Å². The fraction of sp³-hybridized carbons (Fsp3) is 0.357. The molecule has 1 rings (SSSR count). The van der Waals surface area contributed by atoms with Gasteiger partial charge in [0.25, 0.3) is 0 Å². The van der Waals surface area contributed by atoms with Crippen molar-refractivity contribution >= 4 is 5.97 Å². The van der Waals surface area contributed by atoms with Crippen molar-refractivity contribution in [2.75, 3.05) is 19.8 Å². The molecule has 0 unspecified atom stereocenters. The van der Waals surface area contributed by atoms with Crippen LogP contribution in [0.3, 0.4) is 0 Å². The molecule has 4 nitrogen and oxygen atoms in total. The first-order chi connectivity index (χ1) is 8.76. The lowest BCUT2D eigenvalue weighted by atomic mass is 10.2. The quantitative estimate of drug-likeness (QED) is 0.564. The standard InChI is InChI=1S/C14H19NO3/c1-3-9-18-13-7-5-12(6-8-13)10-15-11-14(16)17-4-2/h3,5-8,15H,1,4,9-11H2,2H3. The molecule has 0 bridgehead atoms. The number of carbonyl (C=O) groups is 1. The van der Waals surface area contributed by atoms with Crippen LogP contribution in [0.15, 0.2) is 36.9 Å². The number of ether oxygens (including phenoxy) is 2. The third-order valence-electron chi connectivity index (χ3n) is 2.19. The summed E-state index contributed by atoms with van der Waals surface area (Å²) in [7, 11) is 0. The van der Waals surface area contributed by atoms with Crippen LogP contribution in [-0.2, 0) is 16.1 Å². The predicted molar refractivity (Wildman–Crippen MR) is 70.5 cm³/mol. The average molecular weight is 249 g/mol. The van der Waals surface area contributed by atoms with E-state index in [4.69, 9.17) is 9.47 Å².